The molecule has 0 aliphatic carbocycles. The quantitative estimate of drug-likeness (QED) is 0.796. The molecule has 1 aromatic carbocycles. The van der Waals surface area contributed by atoms with E-state index in [-0.39, 0.29) is 18.5 Å². The number of amides is 1. The lowest BCUT2D eigenvalue weighted by Crippen LogP contribution is -2.37. The summed E-state index contributed by atoms with van der Waals surface area (Å²) in [5.74, 6) is -1.39. The zero-order valence-corrected chi connectivity index (χ0v) is 13.9. The maximum Gasteiger partial charge on any atom is 0.433 e. The number of hydrogen-bond donors (Lipinski definition) is 1. The predicted octanol–water partition coefficient (Wildman–Crippen LogP) is 3.35. The normalized spacial score (nSPS) is 12.3. The molecular weight excluding hydrogens is 349 g/mol. The highest BCUT2D eigenvalue weighted by Crippen LogP contribution is 2.27. The molecule has 0 bridgehead atoms. The van der Waals surface area contributed by atoms with Crippen molar-refractivity contribution in [1.29, 1.82) is 0 Å². The molecule has 26 heavy (non-hydrogen) atoms. The lowest BCUT2D eigenvalue weighted by atomic mass is 10.2. The van der Waals surface area contributed by atoms with Crippen molar-refractivity contribution in [2.24, 2.45) is 0 Å². The molecular formula is C18H17F3N2O3. The van der Waals surface area contributed by atoms with Crippen LogP contribution in [0.3, 0.4) is 0 Å². The Morgan fingerprint density at radius 1 is 1.15 bits per heavy atom. The first-order valence-corrected chi connectivity index (χ1v) is 7.87. The third-order valence-corrected chi connectivity index (χ3v) is 3.51. The predicted molar refractivity (Wildman–Crippen MR) is 87.0 cm³/mol. The number of hydrogen-bond acceptors (Lipinski definition) is 4. The second kappa shape index (κ2) is 8.46. The second-order valence-electron chi connectivity index (χ2n) is 5.44. The van der Waals surface area contributed by atoms with Gasteiger partial charge < -0.3 is 10.1 Å². The van der Waals surface area contributed by atoms with E-state index in [1.165, 1.54) is 0 Å². The molecule has 1 atom stereocenters. The number of carbonyl (C=O) groups is 2. The van der Waals surface area contributed by atoms with Gasteiger partial charge in [-0.3, -0.25) is 9.78 Å². The summed E-state index contributed by atoms with van der Waals surface area (Å²) in [6, 6.07) is 10.8. The molecule has 2 rings (SSSR count). The molecule has 1 heterocycles. The van der Waals surface area contributed by atoms with Crippen LogP contribution in [-0.4, -0.2) is 23.0 Å². The van der Waals surface area contributed by atoms with Crippen molar-refractivity contribution < 1.29 is 27.5 Å². The van der Waals surface area contributed by atoms with Crippen molar-refractivity contribution in [1.82, 2.24) is 10.3 Å². The van der Waals surface area contributed by atoms with E-state index in [1.54, 1.807) is 6.92 Å². The number of nitrogens with zero attached hydrogens (tertiary/aromatic N) is 1. The number of carbonyl (C=O) groups excluding carboxylic acids is 2. The van der Waals surface area contributed by atoms with Crippen LogP contribution in [0.15, 0.2) is 48.7 Å². The van der Waals surface area contributed by atoms with E-state index in [0.717, 1.165) is 17.8 Å². The van der Waals surface area contributed by atoms with Crippen LogP contribution in [-0.2, 0) is 22.3 Å². The van der Waals surface area contributed by atoms with Crippen LogP contribution in [0.5, 0.6) is 0 Å². The average Bonchev–Trinajstić information content (AvgIpc) is 2.64. The molecule has 0 radical (unpaired) electrons. The van der Waals surface area contributed by atoms with E-state index in [2.05, 4.69) is 10.3 Å². The van der Waals surface area contributed by atoms with Crippen molar-refractivity contribution in [3.63, 3.8) is 0 Å². The lowest BCUT2D eigenvalue weighted by molar-refractivity contribution is -0.141. The number of benzene rings is 1. The van der Waals surface area contributed by atoms with E-state index in [4.69, 9.17) is 4.74 Å². The minimum atomic E-state index is -4.59. The van der Waals surface area contributed by atoms with Crippen molar-refractivity contribution in [2.45, 2.75) is 32.2 Å². The smallest absolute Gasteiger partial charge is 0.433 e. The standard InChI is InChI=1S/C18H17F3N2O3/c1-2-14(16(24)23-10-12-6-4-3-5-7-12)26-17(25)13-8-9-15(22-11-13)18(19,20)21/h3-9,11,14H,2,10H2,1H3,(H,23,24)/t14-/m0/s1. The topological polar surface area (TPSA) is 68.3 Å². The van der Waals surface area contributed by atoms with E-state index in [0.29, 0.717) is 6.07 Å². The Hall–Kier alpha value is -2.90. The summed E-state index contributed by atoms with van der Waals surface area (Å²) in [5.41, 5.74) is -0.386. The molecule has 8 heteroatoms. The first-order valence-electron chi connectivity index (χ1n) is 7.87. The van der Waals surface area contributed by atoms with Gasteiger partial charge >= 0.3 is 12.1 Å². The summed E-state index contributed by atoms with van der Waals surface area (Å²) in [7, 11) is 0. The van der Waals surface area contributed by atoms with Gasteiger partial charge in [-0.2, -0.15) is 13.2 Å². The van der Waals surface area contributed by atoms with Crippen molar-refractivity contribution in [2.75, 3.05) is 0 Å². The Kier molecular flexibility index (Phi) is 6.32. The molecule has 0 saturated heterocycles. The summed E-state index contributed by atoms with van der Waals surface area (Å²) >= 11 is 0. The molecule has 0 unspecified atom stereocenters. The highest BCUT2D eigenvalue weighted by Gasteiger charge is 2.32. The maximum atomic E-state index is 12.5. The van der Waals surface area contributed by atoms with Gasteiger partial charge in [-0.1, -0.05) is 37.3 Å². The number of alkyl halides is 3. The monoisotopic (exact) mass is 366 g/mol. The molecule has 0 fully saturated rings. The highest BCUT2D eigenvalue weighted by atomic mass is 19.4. The minimum absolute atomic E-state index is 0.160. The fourth-order valence-corrected chi connectivity index (χ4v) is 2.10. The molecule has 5 nitrogen and oxygen atoms in total. The summed E-state index contributed by atoms with van der Waals surface area (Å²) in [4.78, 5) is 27.4. The van der Waals surface area contributed by atoms with Crippen LogP contribution in [0.4, 0.5) is 13.2 Å². The fraction of sp³-hybridized carbons (Fsp3) is 0.278. The summed E-state index contributed by atoms with van der Waals surface area (Å²) in [6.45, 7) is 1.93. The van der Waals surface area contributed by atoms with Gasteiger partial charge in [0.25, 0.3) is 5.91 Å². The van der Waals surface area contributed by atoms with E-state index in [1.807, 2.05) is 30.3 Å². The summed E-state index contributed by atoms with van der Waals surface area (Å²) in [5, 5.41) is 2.66. The van der Waals surface area contributed by atoms with Crippen LogP contribution in [0, 0.1) is 0 Å². The van der Waals surface area contributed by atoms with Crippen LogP contribution >= 0.6 is 0 Å². The Labute approximate surface area is 148 Å². The van der Waals surface area contributed by atoms with E-state index in [9.17, 15) is 22.8 Å². The Morgan fingerprint density at radius 2 is 1.85 bits per heavy atom. The molecule has 138 valence electrons. The number of rotatable bonds is 6. The van der Waals surface area contributed by atoms with Gasteiger partial charge in [-0.05, 0) is 24.1 Å². The van der Waals surface area contributed by atoms with Crippen molar-refractivity contribution >= 4 is 11.9 Å². The highest BCUT2D eigenvalue weighted by molar-refractivity contribution is 5.92. The molecule has 1 N–H and O–H groups in total. The molecule has 0 saturated carbocycles. The molecule has 1 aromatic heterocycles. The van der Waals surface area contributed by atoms with Crippen LogP contribution in [0.2, 0.25) is 0 Å². The largest absolute Gasteiger partial charge is 0.449 e. The summed E-state index contributed by atoms with van der Waals surface area (Å²) in [6.07, 6.45) is -4.64. The lowest BCUT2D eigenvalue weighted by Gasteiger charge is -2.16. The number of aromatic nitrogens is 1. The van der Waals surface area contributed by atoms with Crippen LogP contribution in [0.25, 0.3) is 0 Å². The number of halogens is 3. The zero-order valence-electron chi connectivity index (χ0n) is 13.9. The summed E-state index contributed by atoms with van der Waals surface area (Å²) < 4.78 is 42.5. The third-order valence-electron chi connectivity index (χ3n) is 3.51. The number of nitrogens with one attached hydrogen (secondary N) is 1. The first kappa shape index (κ1) is 19.4. The molecule has 0 aliphatic heterocycles. The van der Waals surface area contributed by atoms with Gasteiger partial charge in [0.1, 0.15) is 5.69 Å². The van der Waals surface area contributed by atoms with Crippen LogP contribution < -0.4 is 5.32 Å². The maximum absolute atomic E-state index is 12.5. The molecule has 0 aliphatic rings. The van der Waals surface area contributed by atoms with E-state index >= 15 is 0 Å². The van der Waals surface area contributed by atoms with Gasteiger partial charge in [0.15, 0.2) is 6.10 Å². The van der Waals surface area contributed by atoms with E-state index < -0.39 is 29.9 Å². The first-order chi connectivity index (χ1) is 12.3. The third kappa shape index (κ3) is 5.30. The van der Waals surface area contributed by atoms with Gasteiger partial charge in [0.05, 0.1) is 5.56 Å². The van der Waals surface area contributed by atoms with Gasteiger partial charge in [-0.25, -0.2) is 4.79 Å². The second-order valence-corrected chi connectivity index (χ2v) is 5.44. The van der Waals surface area contributed by atoms with Gasteiger partial charge in [-0.15, -0.1) is 0 Å². The van der Waals surface area contributed by atoms with Crippen LogP contribution in [0.1, 0.15) is 35.0 Å². The Bertz CT molecular complexity index is 747. The number of esters is 1. The van der Waals surface area contributed by atoms with Crippen molar-refractivity contribution in [3.8, 4) is 0 Å². The fourth-order valence-electron chi connectivity index (χ4n) is 2.10. The van der Waals surface area contributed by atoms with Crippen molar-refractivity contribution in [3.05, 3.63) is 65.5 Å². The SMILES string of the molecule is CC[C@H](OC(=O)c1ccc(C(F)(F)F)nc1)C(=O)NCc1ccccc1. The number of pyridine rings is 1. The van der Waals surface area contributed by atoms with Gasteiger partial charge in [0, 0.05) is 12.7 Å². The minimum Gasteiger partial charge on any atom is -0.449 e. The zero-order chi connectivity index (χ0) is 19.2. The molecule has 0 spiro atoms. The Balaban J connectivity index is 1.95. The Morgan fingerprint density at radius 3 is 2.38 bits per heavy atom. The number of ether oxygens (including phenoxy) is 1. The molecule has 2 aromatic rings. The van der Waals surface area contributed by atoms with Gasteiger partial charge in [0.2, 0.25) is 0 Å². The molecule has 1 amide bonds. The average molecular weight is 366 g/mol.